The summed E-state index contributed by atoms with van der Waals surface area (Å²) < 4.78 is 1.85. The first kappa shape index (κ1) is 10.6. The average molecular weight is 196 g/mol. The van der Waals surface area contributed by atoms with Crippen LogP contribution in [0.1, 0.15) is 23.8 Å². The Morgan fingerprint density at radius 3 is 2.79 bits per heavy atom. The Morgan fingerprint density at radius 1 is 1.57 bits per heavy atom. The van der Waals surface area contributed by atoms with Gasteiger partial charge in [0.25, 0.3) is 5.91 Å². The second-order valence-corrected chi connectivity index (χ2v) is 2.96. The number of nitrogens with one attached hydrogen (secondary N) is 2. The van der Waals surface area contributed by atoms with Gasteiger partial charge in [-0.05, 0) is 6.42 Å². The number of amides is 1. The van der Waals surface area contributed by atoms with Crippen molar-refractivity contribution in [3.63, 3.8) is 0 Å². The molecule has 0 saturated heterocycles. The number of aryl methyl sites for hydroxylation is 1. The van der Waals surface area contributed by atoms with Crippen LogP contribution in [0, 0.1) is 0 Å². The maximum absolute atomic E-state index is 11.5. The summed E-state index contributed by atoms with van der Waals surface area (Å²) in [6.07, 6.45) is 2.66. The molecule has 0 fully saturated rings. The van der Waals surface area contributed by atoms with Gasteiger partial charge in [0.05, 0.1) is 6.33 Å². The maximum atomic E-state index is 11.5. The largest absolute Gasteiger partial charge is 0.371 e. The monoisotopic (exact) mass is 196 g/mol. The van der Waals surface area contributed by atoms with Crippen LogP contribution in [0.5, 0.6) is 0 Å². The normalized spacial score (nSPS) is 9.93. The lowest BCUT2D eigenvalue weighted by atomic mass is 10.3. The van der Waals surface area contributed by atoms with Crippen LogP contribution in [0.3, 0.4) is 0 Å². The van der Waals surface area contributed by atoms with Crippen molar-refractivity contribution >= 4 is 11.7 Å². The minimum absolute atomic E-state index is 0.111. The Morgan fingerprint density at radius 2 is 2.29 bits per heavy atom. The fourth-order valence-electron chi connectivity index (χ4n) is 1.33. The Hall–Kier alpha value is -1.52. The molecule has 1 aromatic rings. The lowest BCUT2D eigenvalue weighted by Crippen LogP contribution is -2.22. The van der Waals surface area contributed by atoms with Gasteiger partial charge in [-0.1, -0.05) is 6.92 Å². The minimum Gasteiger partial charge on any atom is -0.371 e. The van der Waals surface area contributed by atoms with Crippen molar-refractivity contribution in [2.45, 2.75) is 19.9 Å². The van der Waals surface area contributed by atoms with Crippen molar-refractivity contribution in [3.05, 3.63) is 12.0 Å². The highest BCUT2D eigenvalue weighted by Crippen LogP contribution is 2.12. The molecule has 0 aliphatic rings. The molecule has 1 heterocycles. The molecule has 0 unspecified atom stereocenters. The molecule has 0 atom stereocenters. The van der Waals surface area contributed by atoms with Crippen LogP contribution in [0.4, 0.5) is 5.82 Å². The zero-order valence-corrected chi connectivity index (χ0v) is 8.79. The lowest BCUT2D eigenvalue weighted by molar-refractivity contribution is 0.0954. The Bertz CT molecular complexity index is 319. The highest BCUT2D eigenvalue weighted by atomic mass is 16.1. The van der Waals surface area contributed by atoms with Crippen molar-refractivity contribution in [1.82, 2.24) is 14.9 Å². The molecule has 1 amide bonds. The molecule has 14 heavy (non-hydrogen) atoms. The molecule has 1 rings (SSSR count). The summed E-state index contributed by atoms with van der Waals surface area (Å²) in [5.74, 6) is 0.512. The number of hydrogen-bond acceptors (Lipinski definition) is 3. The number of anilines is 1. The molecular weight excluding hydrogens is 180 g/mol. The van der Waals surface area contributed by atoms with E-state index >= 15 is 0 Å². The summed E-state index contributed by atoms with van der Waals surface area (Å²) in [5, 5.41) is 5.50. The number of hydrogen-bond donors (Lipinski definition) is 2. The van der Waals surface area contributed by atoms with Crippen molar-refractivity contribution in [2.24, 2.45) is 0 Å². The first-order valence-electron chi connectivity index (χ1n) is 4.69. The number of rotatable bonds is 4. The maximum Gasteiger partial charge on any atom is 0.271 e. The van der Waals surface area contributed by atoms with Crippen molar-refractivity contribution in [2.75, 3.05) is 19.4 Å². The molecule has 0 saturated carbocycles. The van der Waals surface area contributed by atoms with E-state index in [1.807, 2.05) is 4.57 Å². The van der Waals surface area contributed by atoms with Crippen LogP contribution in [0.2, 0.25) is 0 Å². The number of carbonyl (C=O) groups is 1. The van der Waals surface area contributed by atoms with E-state index in [1.165, 1.54) is 0 Å². The number of imidazole rings is 1. The van der Waals surface area contributed by atoms with E-state index in [0.29, 0.717) is 11.5 Å². The van der Waals surface area contributed by atoms with Gasteiger partial charge < -0.3 is 15.2 Å². The Kier molecular flexibility index (Phi) is 3.50. The lowest BCUT2D eigenvalue weighted by Gasteiger charge is -2.06. The van der Waals surface area contributed by atoms with Gasteiger partial charge in [-0.3, -0.25) is 4.79 Å². The number of carbonyl (C=O) groups excluding carboxylic acids is 1. The third kappa shape index (κ3) is 1.86. The van der Waals surface area contributed by atoms with E-state index < -0.39 is 0 Å². The van der Waals surface area contributed by atoms with Crippen LogP contribution < -0.4 is 10.6 Å². The molecule has 0 bridgehead atoms. The summed E-state index contributed by atoms with van der Waals surface area (Å²) in [7, 11) is 3.37. The van der Waals surface area contributed by atoms with E-state index in [-0.39, 0.29) is 5.91 Å². The van der Waals surface area contributed by atoms with E-state index in [2.05, 4.69) is 22.5 Å². The first-order chi connectivity index (χ1) is 6.74. The molecule has 5 nitrogen and oxygen atoms in total. The van der Waals surface area contributed by atoms with E-state index in [1.54, 1.807) is 20.4 Å². The molecule has 0 aromatic carbocycles. The summed E-state index contributed by atoms with van der Waals surface area (Å²) in [5.41, 5.74) is 0.594. The van der Waals surface area contributed by atoms with Gasteiger partial charge in [0.15, 0.2) is 11.5 Å². The Balaban J connectivity index is 3.05. The Labute approximate surface area is 83.5 Å². The zero-order chi connectivity index (χ0) is 10.6. The molecule has 1 aromatic heterocycles. The minimum atomic E-state index is -0.111. The second-order valence-electron chi connectivity index (χ2n) is 2.96. The third-order valence-corrected chi connectivity index (χ3v) is 1.98. The van der Waals surface area contributed by atoms with Crippen LogP contribution in [-0.4, -0.2) is 29.6 Å². The zero-order valence-electron chi connectivity index (χ0n) is 8.79. The van der Waals surface area contributed by atoms with Crippen LogP contribution in [-0.2, 0) is 6.54 Å². The van der Waals surface area contributed by atoms with Gasteiger partial charge in [-0.15, -0.1) is 0 Å². The van der Waals surface area contributed by atoms with Gasteiger partial charge in [0, 0.05) is 20.6 Å². The van der Waals surface area contributed by atoms with Crippen molar-refractivity contribution in [1.29, 1.82) is 0 Å². The summed E-state index contributed by atoms with van der Waals surface area (Å²) >= 11 is 0. The molecule has 78 valence electrons. The smallest absolute Gasteiger partial charge is 0.271 e. The molecular formula is C9H16N4O. The number of aromatic nitrogens is 2. The van der Waals surface area contributed by atoms with Gasteiger partial charge in [0.2, 0.25) is 0 Å². The molecule has 0 radical (unpaired) electrons. The standard InChI is InChI=1S/C9H16N4O/c1-4-5-13-6-12-8(10-2)7(13)9(14)11-3/h6,10H,4-5H2,1-3H3,(H,11,14). The van der Waals surface area contributed by atoms with Crippen LogP contribution in [0.15, 0.2) is 6.33 Å². The van der Waals surface area contributed by atoms with Gasteiger partial charge in [0.1, 0.15) is 0 Å². The highest BCUT2D eigenvalue weighted by Gasteiger charge is 2.15. The quantitative estimate of drug-likeness (QED) is 0.745. The predicted octanol–water partition coefficient (Wildman–Crippen LogP) is 0.694. The van der Waals surface area contributed by atoms with Crippen LogP contribution in [0.25, 0.3) is 0 Å². The molecule has 0 aliphatic heterocycles. The van der Waals surface area contributed by atoms with Crippen molar-refractivity contribution < 1.29 is 4.79 Å². The van der Waals surface area contributed by atoms with Crippen LogP contribution >= 0.6 is 0 Å². The molecule has 0 spiro atoms. The van der Waals surface area contributed by atoms with E-state index in [9.17, 15) is 4.79 Å². The summed E-state index contributed by atoms with van der Waals surface area (Å²) in [6, 6.07) is 0. The van der Waals surface area contributed by atoms with Crippen molar-refractivity contribution in [3.8, 4) is 0 Å². The van der Waals surface area contributed by atoms with E-state index in [4.69, 9.17) is 0 Å². The number of nitrogens with zero attached hydrogens (tertiary/aromatic N) is 2. The highest BCUT2D eigenvalue weighted by molar-refractivity contribution is 5.97. The fourth-order valence-corrected chi connectivity index (χ4v) is 1.33. The molecule has 0 aliphatic carbocycles. The molecule has 2 N–H and O–H groups in total. The third-order valence-electron chi connectivity index (χ3n) is 1.98. The average Bonchev–Trinajstić information content (AvgIpc) is 2.60. The fraction of sp³-hybridized carbons (Fsp3) is 0.556. The van der Waals surface area contributed by atoms with Gasteiger partial charge in [-0.2, -0.15) is 0 Å². The first-order valence-corrected chi connectivity index (χ1v) is 4.69. The summed E-state index contributed by atoms with van der Waals surface area (Å²) in [6.45, 7) is 2.87. The summed E-state index contributed by atoms with van der Waals surface area (Å²) in [4.78, 5) is 15.7. The molecule has 5 heteroatoms. The SMILES string of the molecule is CCCn1cnc(NC)c1C(=O)NC. The van der Waals surface area contributed by atoms with Gasteiger partial charge in [-0.25, -0.2) is 4.98 Å². The van der Waals surface area contributed by atoms with E-state index in [0.717, 1.165) is 13.0 Å². The second kappa shape index (κ2) is 4.64. The topological polar surface area (TPSA) is 59.0 Å². The predicted molar refractivity (Wildman–Crippen MR) is 55.5 cm³/mol. The van der Waals surface area contributed by atoms with Gasteiger partial charge >= 0.3 is 0 Å².